The van der Waals surface area contributed by atoms with Crippen LogP contribution in [0.2, 0.25) is 0 Å². The topological polar surface area (TPSA) is 54.0 Å². The number of pyridine rings is 1. The van der Waals surface area contributed by atoms with Gasteiger partial charge in [-0.2, -0.15) is 0 Å². The molecule has 1 aliphatic heterocycles. The zero-order valence-electron chi connectivity index (χ0n) is 6.95. The number of carbonyl (C=O) groups is 1. The maximum absolute atomic E-state index is 10.2. The fraction of sp³-hybridized carbons (Fsp3) is 0.111. The molecule has 4 nitrogen and oxygen atoms in total. The van der Waals surface area contributed by atoms with Gasteiger partial charge in [-0.1, -0.05) is 0 Å². The molecule has 4 heteroatoms. The molecular formula is C9H9N3O. The van der Waals surface area contributed by atoms with Crippen molar-refractivity contribution >= 4 is 12.1 Å². The quantitative estimate of drug-likeness (QED) is 0.648. The largest absolute Gasteiger partial charge is 0.360 e. The van der Waals surface area contributed by atoms with Crippen molar-refractivity contribution in [1.29, 1.82) is 0 Å². The van der Waals surface area contributed by atoms with Gasteiger partial charge < -0.3 is 10.6 Å². The van der Waals surface area contributed by atoms with Gasteiger partial charge >= 0.3 is 0 Å². The average molecular weight is 175 g/mol. The van der Waals surface area contributed by atoms with Gasteiger partial charge in [0.05, 0.1) is 0 Å². The van der Waals surface area contributed by atoms with Gasteiger partial charge in [0.2, 0.25) is 6.41 Å². The molecule has 0 saturated heterocycles. The lowest BCUT2D eigenvalue weighted by Crippen LogP contribution is -2.17. The second-order valence-corrected chi connectivity index (χ2v) is 2.79. The second-order valence-electron chi connectivity index (χ2n) is 2.79. The lowest BCUT2D eigenvalue weighted by atomic mass is 10.1. The first-order chi connectivity index (χ1) is 6.40. The molecule has 1 aliphatic rings. The van der Waals surface area contributed by atoms with Crippen molar-refractivity contribution in [2.45, 2.75) is 6.42 Å². The minimum Gasteiger partial charge on any atom is -0.360 e. The fourth-order valence-electron chi connectivity index (χ4n) is 1.30. The lowest BCUT2D eigenvalue weighted by molar-refractivity contribution is -0.108. The molecule has 2 rings (SSSR count). The molecule has 0 atom stereocenters. The molecule has 0 saturated carbocycles. The summed E-state index contributed by atoms with van der Waals surface area (Å²) < 4.78 is 0. The number of rotatable bonds is 2. The molecule has 0 aliphatic carbocycles. The van der Waals surface area contributed by atoms with Crippen LogP contribution in [0, 0.1) is 0 Å². The van der Waals surface area contributed by atoms with Gasteiger partial charge in [-0.15, -0.1) is 0 Å². The number of aromatic nitrogens is 1. The fourth-order valence-corrected chi connectivity index (χ4v) is 1.30. The van der Waals surface area contributed by atoms with E-state index >= 15 is 0 Å². The molecule has 2 heterocycles. The van der Waals surface area contributed by atoms with Gasteiger partial charge in [0, 0.05) is 36.4 Å². The molecule has 0 fully saturated rings. The summed E-state index contributed by atoms with van der Waals surface area (Å²) in [5, 5.41) is 5.69. The maximum atomic E-state index is 10.2. The monoisotopic (exact) mass is 175 g/mol. The Morgan fingerprint density at radius 2 is 2.54 bits per heavy atom. The van der Waals surface area contributed by atoms with Crippen LogP contribution in [0.5, 0.6) is 0 Å². The van der Waals surface area contributed by atoms with Crippen LogP contribution in [-0.4, -0.2) is 11.4 Å². The Morgan fingerprint density at radius 3 is 3.38 bits per heavy atom. The highest BCUT2D eigenvalue weighted by molar-refractivity contribution is 5.59. The average Bonchev–Trinajstić information content (AvgIpc) is 2.18. The molecule has 0 radical (unpaired) electrons. The maximum Gasteiger partial charge on any atom is 0.211 e. The Kier molecular flexibility index (Phi) is 1.96. The zero-order chi connectivity index (χ0) is 9.10. The Labute approximate surface area is 75.7 Å². The third-order valence-electron chi connectivity index (χ3n) is 1.93. The predicted octanol–water partition coefficient (Wildman–Crippen LogP) is 0.637. The van der Waals surface area contributed by atoms with E-state index in [1.54, 1.807) is 18.6 Å². The van der Waals surface area contributed by atoms with Crippen LogP contribution in [0.1, 0.15) is 5.56 Å². The van der Waals surface area contributed by atoms with Crippen LogP contribution < -0.4 is 10.6 Å². The van der Waals surface area contributed by atoms with Crippen molar-refractivity contribution in [2.24, 2.45) is 0 Å². The second kappa shape index (κ2) is 3.26. The normalized spacial score (nSPS) is 13.7. The van der Waals surface area contributed by atoms with E-state index in [9.17, 15) is 4.79 Å². The van der Waals surface area contributed by atoms with E-state index in [1.807, 2.05) is 6.07 Å². The number of carbonyl (C=O) groups excluding carboxylic acids is 1. The molecule has 13 heavy (non-hydrogen) atoms. The van der Waals surface area contributed by atoms with Crippen LogP contribution in [0.3, 0.4) is 0 Å². The Bertz CT molecular complexity index is 360. The smallest absolute Gasteiger partial charge is 0.211 e. The van der Waals surface area contributed by atoms with Crippen molar-refractivity contribution in [3.05, 3.63) is 35.9 Å². The van der Waals surface area contributed by atoms with Gasteiger partial charge in [0.15, 0.2) is 0 Å². The number of fused-ring (bicyclic) bond motifs is 1. The van der Waals surface area contributed by atoms with Crippen LogP contribution in [0.15, 0.2) is 30.4 Å². The number of hydrogen-bond donors (Lipinski definition) is 2. The summed E-state index contributed by atoms with van der Waals surface area (Å²) >= 11 is 0. The number of amides is 1. The van der Waals surface area contributed by atoms with Crippen LogP contribution in [-0.2, 0) is 11.2 Å². The molecule has 1 aromatic heterocycles. The summed E-state index contributed by atoms with van der Waals surface area (Å²) in [6.45, 7) is 0. The third-order valence-corrected chi connectivity index (χ3v) is 1.93. The summed E-state index contributed by atoms with van der Waals surface area (Å²) in [6, 6.07) is 1.91. The summed E-state index contributed by atoms with van der Waals surface area (Å²) in [6.07, 6.45) is 6.71. The number of anilines is 1. The van der Waals surface area contributed by atoms with Gasteiger partial charge in [0.25, 0.3) is 0 Å². The molecule has 1 amide bonds. The van der Waals surface area contributed by atoms with Crippen LogP contribution >= 0.6 is 0 Å². The molecule has 0 spiro atoms. The summed E-state index contributed by atoms with van der Waals surface area (Å²) in [5.41, 5.74) is 3.00. The first-order valence-electron chi connectivity index (χ1n) is 3.99. The third kappa shape index (κ3) is 1.51. The molecule has 1 aromatic rings. The SMILES string of the molecule is O=CNC1=CNc2ccncc2C1. The Hall–Kier alpha value is -1.84. The van der Waals surface area contributed by atoms with Crippen LogP contribution in [0.25, 0.3) is 0 Å². The molecule has 2 N–H and O–H groups in total. The highest BCUT2D eigenvalue weighted by Gasteiger charge is 2.09. The van der Waals surface area contributed by atoms with Gasteiger partial charge in [0.1, 0.15) is 0 Å². The minimum absolute atomic E-state index is 0.675. The molecule has 0 unspecified atom stereocenters. The van der Waals surface area contributed by atoms with Gasteiger partial charge in [-0.25, -0.2) is 0 Å². The summed E-state index contributed by atoms with van der Waals surface area (Å²) in [5.74, 6) is 0. The van der Waals surface area contributed by atoms with E-state index in [4.69, 9.17) is 0 Å². The summed E-state index contributed by atoms with van der Waals surface area (Å²) in [4.78, 5) is 14.2. The van der Waals surface area contributed by atoms with Crippen molar-refractivity contribution in [3.63, 3.8) is 0 Å². The number of nitrogens with zero attached hydrogens (tertiary/aromatic N) is 1. The standard InChI is InChI=1S/C9H9N3O/c13-6-12-8-3-7-4-10-2-1-9(7)11-5-8/h1-2,4-6,11H,3H2,(H,12,13). The van der Waals surface area contributed by atoms with E-state index in [0.717, 1.165) is 23.4 Å². The number of hydrogen-bond acceptors (Lipinski definition) is 3. The molecule has 0 aromatic carbocycles. The number of allylic oxidation sites excluding steroid dienone is 1. The Morgan fingerprint density at radius 1 is 1.62 bits per heavy atom. The first-order valence-corrected chi connectivity index (χ1v) is 3.99. The van der Waals surface area contributed by atoms with Crippen molar-refractivity contribution in [3.8, 4) is 0 Å². The van der Waals surface area contributed by atoms with E-state index in [0.29, 0.717) is 6.41 Å². The first kappa shape index (κ1) is 7.79. The lowest BCUT2D eigenvalue weighted by Gasteiger charge is -2.16. The Balaban J connectivity index is 2.22. The molecule has 66 valence electrons. The summed E-state index contributed by atoms with van der Waals surface area (Å²) in [7, 11) is 0. The van der Waals surface area contributed by atoms with Gasteiger partial charge in [-0.3, -0.25) is 9.78 Å². The zero-order valence-corrected chi connectivity index (χ0v) is 6.95. The van der Waals surface area contributed by atoms with E-state index < -0.39 is 0 Å². The number of nitrogens with one attached hydrogen (secondary N) is 2. The molecule has 0 bridgehead atoms. The van der Waals surface area contributed by atoms with E-state index in [-0.39, 0.29) is 0 Å². The molecular weight excluding hydrogens is 166 g/mol. The predicted molar refractivity (Wildman–Crippen MR) is 48.8 cm³/mol. The van der Waals surface area contributed by atoms with E-state index in [2.05, 4.69) is 15.6 Å². The van der Waals surface area contributed by atoms with Crippen molar-refractivity contribution in [2.75, 3.05) is 5.32 Å². The van der Waals surface area contributed by atoms with E-state index in [1.165, 1.54) is 0 Å². The minimum atomic E-state index is 0.675. The highest BCUT2D eigenvalue weighted by Crippen LogP contribution is 2.20. The van der Waals surface area contributed by atoms with Crippen LogP contribution in [0.4, 0.5) is 5.69 Å². The van der Waals surface area contributed by atoms with Gasteiger partial charge in [-0.05, 0) is 11.6 Å². The van der Waals surface area contributed by atoms with Crippen molar-refractivity contribution < 1.29 is 4.79 Å². The highest BCUT2D eigenvalue weighted by atomic mass is 16.1. The van der Waals surface area contributed by atoms with Crippen molar-refractivity contribution in [1.82, 2.24) is 10.3 Å².